The van der Waals surface area contributed by atoms with Crippen LogP contribution in [0.2, 0.25) is 0 Å². The number of halogens is 1. The lowest BCUT2D eigenvalue weighted by atomic mass is 9.95. The molecule has 1 saturated heterocycles. The van der Waals surface area contributed by atoms with Crippen LogP contribution in [0.25, 0.3) is 5.76 Å². The average molecular weight is 485 g/mol. The lowest BCUT2D eigenvalue weighted by Crippen LogP contribution is -2.33. The zero-order chi connectivity index (χ0) is 25.5. The summed E-state index contributed by atoms with van der Waals surface area (Å²) in [5.41, 5.74) is 0.835. The van der Waals surface area contributed by atoms with Gasteiger partial charge in [-0.05, 0) is 74.9 Å². The van der Waals surface area contributed by atoms with Crippen LogP contribution in [0.3, 0.4) is 0 Å². The molecule has 2 aromatic rings. The normalized spacial score (nSPS) is 17.3. The number of hydrogen-bond acceptors (Lipinski definition) is 6. The lowest BCUT2D eigenvalue weighted by Gasteiger charge is -2.27. The first kappa shape index (κ1) is 26.2. The van der Waals surface area contributed by atoms with Gasteiger partial charge in [-0.1, -0.05) is 19.9 Å². The second-order valence-corrected chi connectivity index (χ2v) is 8.22. The number of hydrogen-bond donors (Lipinski definition) is 1. The molecular weight excluding hydrogens is 451 g/mol. The van der Waals surface area contributed by atoms with Crippen LogP contribution in [0.15, 0.2) is 48.0 Å². The Hall–Kier alpha value is -3.39. The predicted octanol–water partition coefficient (Wildman–Crippen LogP) is 4.39. The minimum absolute atomic E-state index is 0.0318. The van der Waals surface area contributed by atoms with Crippen LogP contribution >= 0.6 is 0 Å². The van der Waals surface area contributed by atoms with Gasteiger partial charge in [0.05, 0.1) is 25.3 Å². The molecule has 3 rings (SSSR count). The first-order chi connectivity index (χ1) is 16.9. The molecule has 0 aromatic heterocycles. The first-order valence-corrected chi connectivity index (χ1v) is 11.9. The highest BCUT2D eigenvalue weighted by Gasteiger charge is 2.46. The molecule has 2 aromatic carbocycles. The van der Waals surface area contributed by atoms with E-state index in [4.69, 9.17) is 9.47 Å². The van der Waals surface area contributed by atoms with E-state index >= 15 is 0 Å². The van der Waals surface area contributed by atoms with Crippen molar-refractivity contribution < 1.29 is 28.6 Å². The smallest absolute Gasteiger partial charge is 0.295 e. The van der Waals surface area contributed by atoms with Crippen molar-refractivity contribution in [1.82, 2.24) is 9.80 Å². The van der Waals surface area contributed by atoms with E-state index in [1.165, 1.54) is 36.3 Å². The third-order valence-corrected chi connectivity index (χ3v) is 6.23. The standard InChI is InChI=1S/C27H33FN2O5/c1-5-29(6-2)15-8-16-30-24(19-11-14-21(35-7-3)22(17-19)34-4)23(26(32)27(30)33)25(31)18-9-12-20(28)13-10-18/h9-14,17,24,31H,5-8,15-16H2,1-4H3/b25-23-. The summed E-state index contributed by atoms with van der Waals surface area (Å²) in [7, 11) is 1.52. The Labute approximate surface area is 205 Å². The SMILES string of the molecule is CCOc1ccc(C2/C(=C(/O)c3ccc(F)cc3)C(=O)C(=O)N2CCCN(CC)CC)cc1OC. The molecule has 8 heteroatoms. The monoisotopic (exact) mass is 484 g/mol. The predicted molar refractivity (Wildman–Crippen MR) is 132 cm³/mol. The summed E-state index contributed by atoms with van der Waals surface area (Å²) in [5.74, 6) is -1.26. The zero-order valence-corrected chi connectivity index (χ0v) is 20.7. The summed E-state index contributed by atoms with van der Waals surface area (Å²) in [6.07, 6.45) is 0.663. The molecule has 35 heavy (non-hydrogen) atoms. The quantitative estimate of drug-likeness (QED) is 0.290. The van der Waals surface area contributed by atoms with Gasteiger partial charge in [0.15, 0.2) is 11.5 Å². The largest absolute Gasteiger partial charge is 0.507 e. The Morgan fingerprint density at radius 3 is 2.34 bits per heavy atom. The number of Topliss-reactive ketones (excluding diaryl/α,β-unsaturated/α-hetero) is 1. The summed E-state index contributed by atoms with van der Waals surface area (Å²) >= 11 is 0. The van der Waals surface area contributed by atoms with Gasteiger partial charge in [0.1, 0.15) is 11.6 Å². The number of methoxy groups -OCH3 is 1. The summed E-state index contributed by atoms with van der Waals surface area (Å²) in [4.78, 5) is 30.0. The molecule has 1 atom stereocenters. The van der Waals surface area contributed by atoms with Crippen molar-refractivity contribution in [2.24, 2.45) is 0 Å². The minimum Gasteiger partial charge on any atom is -0.507 e. The van der Waals surface area contributed by atoms with Gasteiger partial charge in [-0.2, -0.15) is 0 Å². The molecule has 0 radical (unpaired) electrons. The number of rotatable bonds is 11. The van der Waals surface area contributed by atoms with E-state index in [0.717, 1.165) is 19.6 Å². The van der Waals surface area contributed by atoms with Crippen molar-refractivity contribution in [3.05, 3.63) is 65.0 Å². The molecule has 0 spiro atoms. The third-order valence-electron chi connectivity index (χ3n) is 6.23. The number of nitrogens with zero attached hydrogens (tertiary/aromatic N) is 2. The number of benzene rings is 2. The van der Waals surface area contributed by atoms with Crippen molar-refractivity contribution in [1.29, 1.82) is 0 Å². The molecule has 7 nitrogen and oxygen atoms in total. The van der Waals surface area contributed by atoms with Gasteiger partial charge in [0.2, 0.25) is 0 Å². The molecule has 1 amide bonds. The molecule has 1 unspecified atom stereocenters. The van der Waals surface area contributed by atoms with Gasteiger partial charge < -0.3 is 24.4 Å². The van der Waals surface area contributed by atoms with E-state index in [1.807, 2.05) is 6.92 Å². The third kappa shape index (κ3) is 5.65. The fourth-order valence-electron chi connectivity index (χ4n) is 4.35. The second kappa shape index (κ2) is 11.8. The summed E-state index contributed by atoms with van der Waals surface area (Å²) in [6.45, 7) is 9.34. The highest BCUT2D eigenvalue weighted by molar-refractivity contribution is 6.46. The van der Waals surface area contributed by atoms with Gasteiger partial charge in [-0.15, -0.1) is 0 Å². The van der Waals surface area contributed by atoms with E-state index in [-0.39, 0.29) is 16.9 Å². The van der Waals surface area contributed by atoms with E-state index in [0.29, 0.717) is 36.6 Å². The Morgan fingerprint density at radius 1 is 1.06 bits per heavy atom. The topological polar surface area (TPSA) is 79.3 Å². The van der Waals surface area contributed by atoms with Crippen molar-refractivity contribution >= 4 is 17.4 Å². The maximum absolute atomic E-state index is 13.5. The lowest BCUT2D eigenvalue weighted by molar-refractivity contribution is -0.140. The maximum Gasteiger partial charge on any atom is 0.295 e. The number of carbonyl (C=O) groups excluding carboxylic acids is 2. The molecular formula is C27H33FN2O5. The number of aliphatic hydroxyl groups excluding tert-OH is 1. The Balaban J connectivity index is 2.08. The summed E-state index contributed by atoms with van der Waals surface area (Å²) in [5, 5.41) is 11.1. The van der Waals surface area contributed by atoms with Gasteiger partial charge in [-0.25, -0.2) is 4.39 Å². The van der Waals surface area contributed by atoms with Crippen LogP contribution in [0, 0.1) is 5.82 Å². The molecule has 1 aliphatic rings. The van der Waals surface area contributed by atoms with Crippen molar-refractivity contribution in [2.45, 2.75) is 33.2 Å². The van der Waals surface area contributed by atoms with Crippen molar-refractivity contribution in [3.8, 4) is 11.5 Å². The number of ketones is 1. The van der Waals surface area contributed by atoms with E-state index in [9.17, 15) is 19.1 Å². The number of likely N-dealkylation sites (tertiary alicyclic amines) is 1. The highest BCUT2D eigenvalue weighted by atomic mass is 19.1. The van der Waals surface area contributed by atoms with Crippen LogP contribution in [-0.4, -0.2) is 66.5 Å². The van der Waals surface area contributed by atoms with Gasteiger partial charge in [-0.3, -0.25) is 9.59 Å². The molecule has 1 N–H and O–H groups in total. The Kier molecular flexibility index (Phi) is 8.87. The summed E-state index contributed by atoms with van der Waals surface area (Å²) < 4.78 is 24.6. The number of ether oxygens (including phenoxy) is 2. The van der Waals surface area contributed by atoms with Gasteiger partial charge in [0.25, 0.3) is 11.7 Å². The van der Waals surface area contributed by atoms with E-state index < -0.39 is 23.5 Å². The average Bonchev–Trinajstić information content (AvgIpc) is 3.12. The Morgan fingerprint density at radius 2 is 1.74 bits per heavy atom. The fraction of sp³-hybridized carbons (Fsp3) is 0.407. The van der Waals surface area contributed by atoms with Crippen molar-refractivity contribution in [2.75, 3.05) is 39.9 Å². The zero-order valence-electron chi connectivity index (χ0n) is 20.7. The van der Waals surface area contributed by atoms with Crippen molar-refractivity contribution in [3.63, 3.8) is 0 Å². The number of amides is 1. The maximum atomic E-state index is 13.5. The minimum atomic E-state index is -0.818. The molecule has 1 fully saturated rings. The molecule has 1 aliphatic heterocycles. The first-order valence-electron chi connectivity index (χ1n) is 11.9. The fourth-order valence-corrected chi connectivity index (χ4v) is 4.35. The van der Waals surface area contributed by atoms with Crippen LogP contribution in [0.4, 0.5) is 4.39 Å². The molecule has 0 bridgehead atoms. The van der Waals surface area contributed by atoms with E-state index in [1.54, 1.807) is 18.2 Å². The Bertz CT molecular complexity index is 1080. The molecule has 188 valence electrons. The van der Waals surface area contributed by atoms with Crippen LogP contribution < -0.4 is 9.47 Å². The molecule has 1 heterocycles. The van der Waals surface area contributed by atoms with E-state index in [2.05, 4.69) is 18.7 Å². The second-order valence-electron chi connectivity index (χ2n) is 8.22. The van der Waals surface area contributed by atoms with Crippen LogP contribution in [0.1, 0.15) is 44.4 Å². The van der Waals surface area contributed by atoms with Gasteiger partial charge in [0, 0.05) is 12.1 Å². The molecule has 0 aliphatic carbocycles. The molecule has 0 saturated carbocycles. The highest BCUT2D eigenvalue weighted by Crippen LogP contribution is 2.42. The van der Waals surface area contributed by atoms with Crippen LogP contribution in [0.5, 0.6) is 11.5 Å². The van der Waals surface area contributed by atoms with Crippen LogP contribution in [-0.2, 0) is 9.59 Å². The summed E-state index contributed by atoms with van der Waals surface area (Å²) in [6, 6.07) is 9.56. The number of carbonyl (C=O) groups is 2. The van der Waals surface area contributed by atoms with Gasteiger partial charge >= 0.3 is 0 Å². The number of aliphatic hydroxyl groups is 1.